The molecule has 2 heterocycles. The zero-order valence-corrected chi connectivity index (χ0v) is 11.7. The molecule has 4 rings (SSSR count). The van der Waals surface area contributed by atoms with Gasteiger partial charge in [0.2, 0.25) is 0 Å². The third-order valence-corrected chi connectivity index (χ3v) is 6.02. The number of Topliss-reactive ketones (excluding diaryl/α,β-unsaturated/α-hetero) is 1. The van der Waals surface area contributed by atoms with Gasteiger partial charge in [0.15, 0.2) is 0 Å². The molecule has 0 aromatic carbocycles. The van der Waals surface area contributed by atoms with Crippen molar-refractivity contribution < 1.29 is 4.79 Å². The molecule has 2 bridgehead atoms. The molecule has 0 radical (unpaired) electrons. The van der Waals surface area contributed by atoms with Crippen LogP contribution in [0.1, 0.15) is 22.3 Å². The summed E-state index contributed by atoms with van der Waals surface area (Å²) in [5.41, 5.74) is 5.72. The fourth-order valence-corrected chi connectivity index (χ4v) is 5.14. The van der Waals surface area contributed by atoms with Crippen LogP contribution in [0.4, 0.5) is 0 Å². The van der Waals surface area contributed by atoms with Crippen LogP contribution in [-0.2, 0) is 30.5 Å². The maximum Gasteiger partial charge on any atom is 0.140 e. The Balaban J connectivity index is 1.80. The van der Waals surface area contributed by atoms with Gasteiger partial charge in [0.1, 0.15) is 5.78 Å². The van der Waals surface area contributed by atoms with E-state index in [1.54, 1.807) is 22.7 Å². The lowest BCUT2D eigenvalue weighted by Crippen LogP contribution is -2.24. The molecule has 2 aromatic rings. The van der Waals surface area contributed by atoms with Crippen molar-refractivity contribution in [3.8, 4) is 0 Å². The number of ketones is 1. The third kappa shape index (κ3) is 1.61. The highest BCUT2D eigenvalue weighted by Gasteiger charge is 2.35. The number of fused-ring (bicyclic) bond motifs is 4. The van der Waals surface area contributed by atoms with Gasteiger partial charge in [-0.3, -0.25) is 4.79 Å². The Morgan fingerprint density at radius 1 is 0.722 bits per heavy atom. The lowest BCUT2D eigenvalue weighted by Gasteiger charge is -2.14. The van der Waals surface area contributed by atoms with E-state index in [2.05, 4.69) is 21.5 Å². The van der Waals surface area contributed by atoms with Gasteiger partial charge in [0.05, 0.1) is 0 Å². The summed E-state index contributed by atoms with van der Waals surface area (Å²) in [4.78, 5) is 12.6. The van der Waals surface area contributed by atoms with Crippen molar-refractivity contribution in [2.24, 2.45) is 11.8 Å². The van der Waals surface area contributed by atoms with Gasteiger partial charge in [-0.1, -0.05) is 0 Å². The highest BCUT2D eigenvalue weighted by atomic mass is 32.1. The smallest absolute Gasteiger partial charge is 0.140 e. The van der Waals surface area contributed by atoms with Crippen molar-refractivity contribution in [1.82, 2.24) is 0 Å². The van der Waals surface area contributed by atoms with E-state index in [1.807, 2.05) is 0 Å². The molecule has 0 saturated carbocycles. The van der Waals surface area contributed by atoms with Crippen molar-refractivity contribution in [1.29, 1.82) is 0 Å². The molecule has 0 N–H and O–H groups in total. The first-order valence-corrected chi connectivity index (χ1v) is 8.31. The minimum atomic E-state index is 0.224. The standard InChI is InChI=1S/C15H14OS2/c16-15-9-1-11-5-17-6-12(11)3-10(15)4-14-8-18-7-13(14)2-9/h5-10H,1-4H2. The Kier molecular flexibility index (Phi) is 2.45. The quantitative estimate of drug-likeness (QED) is 0.718. The first kappa shape index (κ1) is 10.9. The molecule has 3 heteroatoms. The molecule has 0 unspecified atom stereocenters. The Morgan fingerprint density at radius 2 is 1.06 bits per heavy atom. The van der Waals surface area contributed by atoms with Gasteiger partial charge in [-0.05, 0) is 69.5 Å². The zero-order valence-electron chi connectivity index (χ0n) is 10.0. The largest absolute Gasteiger partial charge is 0.299 e. The number of hydrogen-bond acceptors (Lipinski definition) is 3. The van der Waals surface area contributed by atoms with Crippen molar-refractivity contribution in [3.63, 3.8) is 0 Å². The summed E-state index contributed by atoms with van der Waals surface area (Å²) in [6.45, 7) is 0. The molecular formula is C15H14OS2. The maximum atomic E-state index is 12.6. The van der Waals surface area contributed by atoms with Crippen LogP contribution in [0, 0.1) is 11.8 Å². The summed E-state index contributed by atoms with van der Waals surface area (Å²) in [6, 6.07) is 0. The number of thiophene rings is 2. The van der Waals surface area contributed by atoms with E-state index >= 15 is 0 Å². The predicted molar refractivity (Wildman–Crippen MR) is 75.4 cm³/mol. The maximum absolute atomic E-state index is 12.6. The monoisotopic (exact) mass is 274 g/mol. The average molecular weight is 274 g/mol. The highest BCUT2D eigenvalue weighted by molar-refractivity contribution is 7.08. The van der Waals surface area contributed by atoms with E-state index in [0.29, 0.717) is 5.78 Å². The van der Waals surface area contributed by atoms with Crippen LogP contribution in [0.15, 0.2) is 21.5 Å². The second-order valence-electron chi connectivity index (χ2n) is 5.46. The highest BCUT2D eigenvalue weighted by Crippen LogP contribution is 2.36. The van der Waals surface area contributed by atoms with E-state index in [1.165, 1.54) is 22.3 Å². The molecule has 2 aliphatic rings. The van der Waals surface area contributed by atoms with Gasteiger partial charge in [-0.25, -0.2) is 0 Å². The van der Waals surface area contributed by atoms with Crippen LogP contribution in [0.5, 0.6) is 0 Å². The average Bonchev–Trinajstić information content (AvgIpc) is 2.93. The van der Waals surface area contributed by atoms with Gasteiger partial charge in [-0.15, -0.1) is 0 Å². The van der Waals surface area contributed by atoms with Crippen LogP contribution in [0.2, 0.25) is 0 Å². The Morgan fingerprint density at radius 3 is 1.39 bits per heavy atom. The zero-order chi connectivity index (χ0) is 12.1. The van der Waals surface area contributed by atoms with Crippen LogP contribution in [-0.4, -0.2) is 5.78 Å². The van der Waals surface area contributed by atoms with E-state index in [9.17, 15) is 4.79 Å². The molecule has 92 valence electrons. The molecule has 1 nitrogen and oxygen atoms in total. The summed E-state index contributed by atoms with van der Waals surface area (Å²) >= 11 is 3.58. The normalized spacial score (nSPS) is 26.1. The van der Waals surface area contributed by atoms with Crippen LogP contribution in [0.3, 0.4) is 0 Å². The molecule has 18 heavy (non-hydrogen) atoms. The number of rotatable bonds is 0. The van der Waals surface area contributed by atoms with Crippen molar-refractivity contribution in [3.05, 3.63) is 43.8 Å². The predicted octanol–water partition coefficient (Wildman–Crippen LogP) is 3.51. The molecule has 0 fully saturated rings. The van der Waals surface area contributed by atoms with Gasteiger partial charge in [0.25, 0.3) is 0 Å². The summed E-state index contributed by atoms with van der Waals surface area (Å²) in [5, 5.41) is 8.98. The number of carbonyl (C=O) groups excluding carboxylic acids is 1. The van der Waals surface area contributed by atoms with Gasteiger partial charge in [-0.2, -0.15) is 22.7 Å². The first-order valence-electron chi connectivity index (χ1n) is 6.43. The van der Waals surface area contributed by atoms with Crippen molar-refractivity contribution in [2.75, 3.05) is 0 Å². The van der Waals surface area contributed by atoms with E-state index in [0.717, 1.165) is 25.7 Å². The number of hydrogen-bond donors (Lipinski definition) is 0. The summed E-state index contributed by atoms with van der Waals surface area (Å²) in [5.74, 6) is 0.959. The third-order valence-electron chi connectivity index (χ3n) is 4.34. The fourth-order valence-electron chi connectivity index (χ4n) is 3.36. The molecule has 0 saturated heterocycles. The van der Waals surface area contributed by atoms with Crippen molar-refractivity contribution in [2.45, 2.75) is 25.7 Å². The lowest BCUT2D eigenvalue weighted by atomic mass is 9.89. The number of carbonyl (C=O) groups is 1. The lowest BCUT2D eigenvalue weighted by molar-refractivity contribution is -0.126. The molecule has 2 aliphatic carbocycles. The van der Waals surface area contributed by atoms with Gasteiger partial charge < -0.3 is 0 Å². The van der Waals surface area contributed by atoms with Crippen LogP contribution in [0.25, 0.3) is 0 Å². The van der Waals surface area contributed by atoms with E-state index < -0.39 is 0 Å². The Bertz CT molecular complexity index is 514. The van der Waals surface area contributed by atoms with Gasteiger partial charge >= 0.3 is 0 Å². The second-order valence-corrected chi connectivity index (χ2v) is 6.94. The fraction of sp³-hybridized carbons (Fsp3) is 0.400. The molecular weight excluding hydrogens is 260 g/mol. The molecule has 0 spiro atoms. The van der Waals surface area contributed by atoms with Crippen LogP contribution < -0.4 is 0 Å². The molecule has 0 aliphatic heterocycles. The summed E-state index contributed by atoms with van der Waals surface area (Å²) in [7, 11) is 0. The SMILES string of the molecule is O=C1C2Cc3cscc3CC1Cc1cscc1C2. The Labute approximate surface area is 114 Å². The summed E-state index contributed by atoms with van der Waals surface area (Å²) < 4.78 is 0. The molecule has 2 aromatic heterocycles. The first-order chi connectivity index (χ1) is 8.81. The summed E-state index contributed by atoms with van der Waals surface area (Å²) in [6.07, 6.45) is 3.85. The van der Waals surface area contributed by atoms with Crippen molar-refractivity contribution >= 4 is 28.5 Å². The second kappa shape index (κ2) is 4.04. The molecule has 0 atom stereocenters. The minimum Gasteiger partial charge on any atom is -0.299 e. The molecule has 0 amide bonds. The topological polar surface area (TPSA) is 17.1 Å². The van der Waals surface area contributed by atoms with E-state index in [-0.39, 0.29) is 11.8 Å². The van der Waals surface area contributed by atoms with Gasteiger partial charge in [0, 0.05) is 11.8 Å². The van der Waals surface area contributed by atoms with Crippen LogP contribution >= 0.6 is 22.7 Å². The van der Waals surface area contributed by atoms with E-state index in [4.69, 9.17) is 0 Å². The Hall–Kier alpha value is -0.930. The minimum absolute atomic E-state index is 0.224.